The van der Waals surface area contributed by atoms with Gasteiger partial charge < -0.3 is 5.32 Å². The molecule has 0 saturated heterocycles. The molecule has 0 fully saturated rings. The van der Waals surface area contributed by atoms with E-state index in [9.17, 15) is 4.79 Å². The van der Waals surface area contributed by atoms with Crippen LogP contribution in [0.15, 0.2) is 48.5 Å². The predicted octanol–water partition coefficient (Wildman–Crippen LogP) is 4.46. The highest BCUT2D eigenvalue weighted by molar-refractivity contribution is 14.1. The highest BCUT2D eigenvalue weighted by Gasteiger charge is 2.30. The molecule has 2 unspecified atom stereocenters. The number of halogens is 1. The molecule has 0 aromatic heterocycles. The summed E-state index contributed by atoms with van der Waals surface area (Å²) in [5.41, 5.74) is 4.20. The lowest BCUT2D eigenvalue weighted by molar-refractivity contribution is -0.121. The molecule has 1 N–H and O–H groups in total. The summed E-state index contributed by atoms with van der Waals surface area (Å²) in [6.07, 6.45) is 3.60. The number of benzene rings is 2. The van der Waals surface area contributed by atoms with E-state index in [0.717, 1.165) is 19.3 Å². The van der Waals surface area contributed by atoms with Gasteiger partial charge in [-0.3, -0.25) is 4.79 Å². The summed E-state index contributed by atoms with van der Waals surface area (Å²) in [5.74, 6) is 0.508. The first-order valence-corrected chi connectivity index (χ1v) is 9.37. The molecular formula is C20H22INO. The number of carbonyl (C=O) groups excluding carboxylic acids is 1. The number of rotatable bonds is 4. The van der Waals surface area contributed by atoms with Crippen LogP contribution in [0.3, 0.4) is 0 Å². The van der Waals surface area contributed by atoms with Gasteiger partial charge in [0.05, 0.1) is 0 Å². The minimum absolute atomic E-state index is 0.155. The molecule has 0 aliphatic heterocycles. The maximum atomic E-state index is 11.9. The van der Waals surface area contributed by atoms with Gasteiger partial charge in [0.15, 0.2) is 0 Å². The van der Waals surface area contributed by atoms with Gasteiger partial charge >= 0.3 is 0 Å². The minimum atomic E-state index is 0.155. The minimum Gasteiger partial charge on any atom is -0.353 e. The van der Waals surface area contributed by atoms with E-state index in [4.69, 9.17) is 0 Å². The van der Waals surface area contributed by atoms with Gasteiger partial charge in [-0.25, -0.2) is 0 Å². The molecule has 120 valence electrons. The zero-order chi connectivity index (χ0) is 16.2. The number of hydrogen-bond donors (Lipinski definition) is 1. The van der Waals surface area contributed by atoms with Crippen LogP contribution in [0.25, 0.3) is 0 Å². The molecular weight excluding hydrogens is 397 g/mol. The van der Waals surface area contributed by atoms with Gasteiger partial charge in [0.2, 0.25) is 5.91 Å². The van der Waals surface area contributed by atoms with E-state index in [1.54, 1.807) is 0 Å². The summed E-state index contributed by atoms with van der Waals surface area (Å²) < 4.78 is 1.30. The van der Waals surface area contributed by atoms with Crippen molar-refractivity contribution in [3.05, 3.63) is 68.8 Å². The summed E-state index contributed by atoms with van der Waals surface area (Å²) >= 11 is 2.41. The third-order valence-corrected chi connectivity index (χ3v) is 5.78. The van der Waals surface area contributed by atoms with E-state index < -0.39 is 0 Å². The molecule has 0 saturated carbocycles. The van der Waals surface area contributed by atoms with Gasteiger partial charge in [-0.2, -0.15) is 0 Å². The smallest absolute Gasteiger partial charge is 0.219 e. The number of fused-ring (bicyclic) bond motifs is 1. The summed E-state index contributed by atoms with van der Waals surface area (Å²) in [5, 5.41) is 3.26. The van der Waals surface area contributed by atoms with Crippen LogP contribution in [0.4, 0.5) is 0 Å². The second kappa shape index (κ2) is 7.47. The second-order valence-electron chi connectivity index (χ2n) is 6.17. The average molecular weight is 419 g/mol. The number of hydrogen-bond acceptors (Lipinski definition) is 1. The van der Waals surface area contributed by atoms with Gasteiger partial charge in [-0.05, 0) is 64.6 Å². The standard InChI is InChI=1S/C20H22INO/c1-2-20(23)22-19-12-11-14-7-3-5-9-16(14)17(19)13-15-8-4-6-10-18(15)21/h3-10,17,19H,2,11-13H2,1H3,(H,22,23). The highest BCUT2D eigenvalue weighted by atomic mass is 127. The molecule has 1 amide bonds. The first-order chi connectivity index (χ1) is 11.2. The van der Waals surface area contributed by atoms with E-state index in [2.05, 4.69) is 76.4 Å². The monoisotopic (exact) mass is 419 g/mol. The van der Waals surface area contributed by atoms with Crippen molar-refractivity contribution in [1.29, 1.82) is 0 Å². The SMILES string of the molecule is CCC(=O)NC1CCc2ccccc2C1Cc1ccccc1I. The number of aryl methyl sites for hydroxylation is 1. The molecule has 1 aliphatic carbocycles. The maximum Gasteiger partial charge on any atom is 0.219 e. The Bertz CT molecular complexity index is 698. The first-order valence-electron chi connectivity index (χ1n) is 8.29. The van der Waals surface area contributed by atoms with Crippen LogP contribution in [0.1, 0.15) is 42.4 Å². The molecule has 2 nitrogen and oxygen atoms in total. The second-order valence-corrected chi connectivity index (χ2v) is 7.33. The number of carbonyl (C=O) groups is 1. The average Bonchev–Trinajstić information content (AvgIpc) is 2.58. The van der Waals surface area contributed by atoms with Crippen LogP contribution in [0.2, 0.25) is 0 Å². The van der Waals surface area contributed by atoms with E-state index in [0.29, 0.717) is 12.3 Å². The van der Waals surface area contributed by atoms with Crippen LogP contribution in [-0.2, 0) is 17.6 Å². The van der Waals surface area contributed by atoms with Gasteiger partial charge in [-0.1, -0.05) is 49.4 Å². The lowest BCUT2D eigenvalue weighted by atomic mass is 9.76. The van der Waals surface area contributed by atoms with Gasteiger partial charge in [0.25, 0.3) is 0 Å². The Kier molecular flexibility index (Phi) is 5.36. The maximum absolute atomic E-state index is 11.9. The Labute approximate surface area is 151 Å². The molecule has 2 atom stereocenters. The van der Waals surface area contributed by atoms with Crippen LogP contribution < -0.4 is 5.32 Å². The molecule has 3 rings (SSSR count). The Morgan fingerprint density at radius 3 is 2.70 bits per heavy atom. The van der Waals surface area contributed by atoms with Crippen LogP contribution in [-0.4, -0.2) is 11.9 Å². The molecule has 3 heteroatoms. The molecule has 23 heavy (non-hydrogen) atoms. The van der Waals surface area contributed by atoms with Gasteiger partial charge in [0.1, 0.15) is 0 Å². The quantitative estimate of drug-likeness (QED) is 0.729. The highest BCUT2D eigenvalue weighted by Crippen LogP contribution is 2.35. The van der Waals surface area contributed by atoms with Gasteiger partial charge in [-0.15, -0.1) is 0 Å². The molecule has 1 aliphatic rings. The van der Waals surface area contributed by atoms with Crippen molar-refractivity contribution < 1.29 is 4.79 Å². The lowest BCUT2D eigenvalue weighted by Gasteiger charge is -2.34. The number of nitrogens with one attached hydrogen (secondary N) is 1. The number of amides is 1. The third kappa shape index (κ3) is 3.77. The van der Waals surface area contributed by atoms with Crippen molar-refractivity contribution in [2.24, 2.45) is 0 Å². The molecule has 2 aromatic rings. The third-order valence-electron chi connectivity index (χ3n) is 4.73. The molecule has 0 radical (unpaired) electrons. The normalized spacial score (nSPS) is 19.9. The van der Waals surface area contributed by atoms with Crippen LogP contribution >= 0.6 is 22.6 Å². The van der Waals surface area contributed by atoms with Crippen molar-refractivity contribution >= 4 is 28.5 Å². The Morgan fingerprint density at radius 1 is 1.17 bits per heavy atom. The summed E-state index contributed by atoms with van der Waals surface area (Å²) in [6.45, 7) is 1.92. The van der Waals surface area contributed by atoms with E-state index in [1.165, 1.54) is 20.3 Å². The first kappa shape index (κ1) is 16.5. The van der Waals surface area contributed by atoms with Crippen molar-refractivity contribution in [1.82, 2.24) is 5.32 Å². The van der Waals surface area contributed by atoms with Crippen molar-refractivity contribution in [2.75, 3.05) is 0 Å². The zero-order valence-electron chi connectivity index (χ0n) is 13.4. The Balaban J connectivity index is 1.93. The molecule has 0 bridgehead atoms. The van der Waals surface area contributed by atoms with Crippen LogP contribution in [0.5, 0.6) is 0 Å². The van der Waals surface area contributed by atoms with Crippen molar-refractivity contribution in [3.63, 3.8) is 0 Å². The van der Waals surface area contributed by atoms with Crippen molar-refractivity contribution in [3.8, 4) is 0 Å². The Hall–Kier alpha value is -1.36. The summed E-state index contributed by atoms with van der Waals surface area (Å²) in [4.78, 5) is 11.9. The fourth-order valence-electron chi connectivity index (χ4n) is 3.49. The summed E-state index contributed by atoms with van der Waals surface area (Å²) in [6, 6.07) is 17.5. The molecule has 0 spiro atoms. The molecule has 0 heterocycles. The van der Waals surface area contributed by atoms with Gasteiger partial charge in [0, 0.05) is 22.0 Å². The fraction of sp³-hybridized carbons (Fsp3) is 0.350. The van der Waals surface area contributed by atoms with E-state index >= 15 is 0 Å². The van der Waals surface area contributed by atoms with E-state index in [-0.39, 0.29) is 11.9 Å². The van der Waals surface area contributed by atoms with Crippen molar-refractivity contribution in [2.45, 2.75) is 44.6 Å². The van der Waals surface area contributed by atoms with E-state index in [1.807, 2.05) is 6.92 Å². The lowest BCUT2D eigenvalue weighted by Crippen LogP contribution is -2.42. The largest absolute Gasteiger partial charge is 0.353 e. The topological polar surface area (TPSA) is 29.1 Å². The molecule has 2 aromatic carbocycles. The summed E-state index contributed by atoms with van der Waals surface area (Å²) in [7, 11) is 0. The predicted molar refractivity (Wildman–Crippen MR) is 103 cm³/mol. The van der Waals surface area contributed by atoms with Crippen LogP contribution in [0, 0.1) is 3.57 Å². The Morgan fingerprint density at radius 2 is 1.91 bits per heavy atom. The zero-order valence-corrected chi connectivity index (χ0v) is 15.5. The fourth-order valence-corrected chi connectivity index (χ4v) is 4.09.